The van der Waals surface area contributed by atoms with Gasteiger partial charge in [-0.25, -0.2) is 19.3 Å². The van der Waals surface area contributed by atoms with Crippen LogP contribution < -0.4 is 11.1 Å². The van der Waals surface area contributed by atoms with Crippen LogP contribution in [-0.2, 0) is 6.54 Å². The highest BCUT2D eigenvalue weighted by molar-refractivity contribution is 5.83. The Morgan fingerprint density at radius 2 is 2.13 bits per heavy atom. The van der Waals surface area contributed by atoms with E-state index in [0.717, 1.165) is 24.0 Å². The number of hydrogen-bond donors (Lipinski definition) is 2. The number of nitrogen functional groups attached to an aromatic ring is 1. The van der Waals surface area contributed by atoms with Crippen LogP contribution in [0.4, 0.5) is 16.0 Å². The van der Waals surface area contributed by atoms with Gasteiger partial charge >= 0.3 is 0 Å². The van der Waals surface area contributed by atoms with Crippen molar-refractivity contribution in [3.63, 3.8) is 0 Å². The van der Waals surface area contributed by atoms with Gasteiger partial charge < -0.3 is 11.1 Å². The van der Waals surface area contributed by atoms with Crippen molar-refractivity contribution >= 4 is 22.7 Å². The molecule has 8 nitrogen and oxygen atoms in total. The molecule has 0 saturated heterocycles. The Morgan fingerprint density at radius 1 is 1.27 bits per heavy atom. The summed E-state index contributed by atoms with van der Waals surface area (Å²) in [5, 5.41) is 12.5. The lowest BCUT2D eigenvalue weighted by Gasteiger charge is -2.13. The molecule has 0 atom stereocenters. The van der Waals surface area contributed by atoms with Crippen molar-refractivity contribution in [2.75, 3.05) is 11.1 Å². The number of imidazole rings is 1. The van der Waals surface area contributed by atoms with Crippen molar-refractivity contribution in [3.8, 4) is 11.8 Å². The smallest absolute Gasteiger partial charge is 0.149 e. The van der Waals surface area contributed by atoms with Crippen molar-refractivity contribution in [2.45, 2.75) is 25.3 Å². The maximum Gasteiger partial charge on any atom is 0.149 e. The number of nitrogens with two attached hydrogens (primary N) is 1. The summed E-state index contributed by atoms with van der Waals surface area (Å²) in [6.07, 6.45) is 6.63. The van der Waals surface area contributed by atoms with Gasteiger partial charge in [-0.3, -0.25) is 9.55 Å². The zero-order valence-corrected chi connectivity index (χ0v) is 15.9. The van der Waals surface area contributed by atoms with Gasteiger partial charge in [0.15, 0.2) is 0 Å². The zero-order valence-electron chi connectivity index (χ0n) is 15.9. The minimum Gasteiger partial charge on any atom is -0.382 e. The fourth-order valence-electron chi connectivity index (χ4n) is 3.66. The van der Waals surface area contributed by atoms with E-state index in [1.807, 2.05) is 22.8 Å². The summed E-state index contributed by atoms with van der Waals surface area (Å²) in [7, 11) is 0. The van der Waals surface area contributed by atoms with E-state index in [-0.39, 0.29) is 29.7 Å². The third kappa shape index (κ3) is 2.99. The highest BCUT2D eigenvalue weighted by atomic mass is 19.1. The van der Waals surface area contributed by atoms with E-state index in [2.05, 4.69) is 20.3 Å². The predicted octanol–water partition coefficient (Wildman–Crippen LogP) is 3.29. The monoisotopic (exact) mass is 400 g/mol. The van der Waals surface area contributed by atoms with Crippen LogP contribution in [0.3, 0.4) is 0 Å². The molecule has 3 aromatic heterocycles. The molecule has 1 fully saturated rings. The summed E-state index contributed by atoms with van der Waals surface area (Å²) < 4.78 is 16.7. The fraction of sp³-hybridized carbons (Fsp3) is 0.190. The molecule has 9 heteroatoms. The Morgan fingerprint density at radius 3 is 2.87 bits per heavy atom. The number of nitrogens with one attached hydrogen (secondary N) is 1. The van der Waals surface area contributed by atoms with Gasteiger partial charge in [-0.1, -0.05) is 0 Å². The zero-order chi connectivity index (χ0) is 20.7. The molecule has 0 aliphatic heterocycles. The molecule has 3 N–H and O–H groups in total. The summed E-state index contributed by atoms with van der Waals surface area (Å²) in [5.41, 5.74) is 8.89. The number of hydrogen-bond acceptors (Lipinski definition) is 7. The van der Waals surface area contributed by atoms with E-state index in [1.165, 1.54) is 12.4 Å². The number of anilines is 2. The highest BCUT2D eigenvalue weighted by Gasteiger charge is 2.31. The van der Waals surface area contributed by atoms with Gasteiger partial charge in [0.2, 0.25) is 0 Å². The molecular weight excluding hydrogens is 383 g/mol. The number of nitriles is 1. The number of benzene rings is 1. The number of rotatable bonds is 5. The number of nitrogens with zero attached hydrogens (tertiary/aromatic N) is 6. The van der Waals surface area contributed by atoms with Crippen molar-refractivity contribution in [1.29, 1.82) is 5.26 Å². The maximum absolute atomic E-state index is 14.8. The van der Waals surface area contributed by atoms with Gasteiger partial charge in [-0.05, 0) is 43.0 Å². The summed E-state index contributed by atoms with van der Waals surface area (Å²) in [6, 6.07) is 8.92. The first kappa shape index (κ1) is 18.0. The Bertz CT molecular complexity index is 1290. The Labute approximate surface area is 171 Å². The van der Waals surface area contributed by atoms with E-state index < -0.39 is 0 Å². The molecule has 1 aliphatic carbocycles. The molecule has 0 unspecified atom stereocenters. The molecule has 30 heavy (non-hydrogen) atoms. The van der Waals surface area contributed by atoms with Crippen LogP contribution in [0.5, 0.6) is 0 Å². The molecule has 148 valence electrons. The molecule has 0 bridgehead atoms. The molecule has 1 saturated carbocycles. The Balaban J connectivity index is 1.65. The Kier molecular flexibility index (Phi) is 4.25. The lowest BCUT2D eigenvalue weighted by atomic mass is 10.1. The first-order valence-electron chi connectivity index (χ1n) is 9.52. The third-order valence-electron chi connectivity index (χ3n) is 5.17. The second kappa shape index (κ2) is 7.08. The Hall–Kier alpha value is -4.06. The number of pyridine rings is 1. The van der Waals surface area contributed by atoms with Gasteiger partial charge in [-0.15, -0.1) is 0 Å². The summed E-state index contributed by atoms with van der Waals surface area (Å²) >= 11 is 0. The van der Waals surface area contributed by atoms with E-state index in [1.54, 1.807) is 18.5 Å². The van der Waals surface area contributed by atoms with Crippen LogP contribution in [0.1, 0.15) is 35.7 Å². The van der Waals surface area contributed by atoms with Gasteiger partial charge in [0, 0.05) is 11.8 Å². The van der Waals surface area contributed by atoms with Crippen LogP contribution >= 0.6 is 0 Å². The number of halogens is 1. The normalized spacial score (nSPS) is 13.3. The number of fused-ring (bicyclic) bond motifs is 1. The molecule has 0 radical (unpaired) electrons. The predicted molar refractivity (Wildman–Crippen MR) is 109 cm³/mol. The summed E-state index contributed by atoms with van der Waals surface area (Å²) in [6.45, 7) is 0.250. The van der Waals surface area contributed by atoms with Crippen LogP contribution in [0.15, 0.2) is 43.0 Å². The van der Waals surface area contributed by atoms with Gasteiger partial charge in [0.25, 0.3) is 0 Å². The topological polar surface area (TPSA) is 118 Å². The highest BCUT2D eigenvalue weighted by Crippen LogP contribution is 2.45. The molecule has 3 heterocycles. The first-order valence-corrected chi connectivity index (χ1v) is 9.52. The third-order valence-corrected chi connectivity index (χ3v) is 5.17. The number of aromatic nitrogens is 5. The SMILES string of the molecule is N#Cc1c(N)ncnc1NCc1nc2ccc(F)c(C3CC3)c2n1-c1cccnc1. The van der Waals surface area contributed by atoms with Gasteiger partial charge in [-0.2, -0.15) is 5.26 Å². The molecule has 1 aromatic carbocycles. The van der Waals surface area contributed by atoms with Crippen molar-refractivity contribution in [2.24, 2.45) is 0 Å². The quantitative estimate of drug-likeness (QED) is 0.528. The molecule has 1 aliphatic rings. The van der Waals surface area contributed by atoms with Crippen LogP contribution in [0.25, 0.3) is 16.7 Å². The fourth-order valence-corrected chi connectivity index (χ4v) is 3.66. The minimum atomic E-state index is -0.218. The van der Waals surface area contributed by atoms with Crippen molar-refractivity contribution in [3.05, 3.63) is 65.8 Å². The molecular formula is C21H17FN8. The van der Waals surface area contributed by atoms with Crippen LogP contribution in [0, 0.1) is 17.1 Å². The van der Waals surface area contributed by atoms with E-state index >= 15 is 0 Å². The molecule has 5 rings (SSSR count). The van der Waals surface area contributed by atoms with Crippen LogP contribution in [0.2, 0.25) is 0 Å². The molecule has 0 spiro atoms. The van der Waals surface area contributed by atoms with Gasteiger partial charge in [0.1, 0.15) is 41.2 Å². The lowest BCUT2D eigenvalue weighted by molar-refractivity contribution is 0.613. The lowest BCUT2D eigenvalue weighted by Crippen LogP contribution is -2.11. The summed E-state index contributed by atoms with van der Waals surface area (Å²) in [5.74, 6) is 1.06. The van der Waals surface area contributed by atoms with Crippen LogP contribution in [-0.4, -0.2) is 24.5 Å². The van der Waals surface area contributed by atoms with Crippen molar-refractivity contribution in [1.82, 2.24) is 24.5 Å². The average Bonchev–Trinajstić information content (AvgIpc) is 3.53. The maximum atomic E-state index is 14.8. The van der Waals surface area contributed by atoms with Crippen molar-refractivity contribution < 1.29 is 4.39 Å². The standard InChI is InChI=1S/C21H17FN8/c22-15-5-6-16-19(18(15)12-3-4-12)30(13-2-1-7-25-9-13)17(29-16)10-26-21-14(8-23)20(24)27-11-28-21/h1-2,5-7,9,11-12H,3-4,10H2,(H3,24,26,27,28). The largest absolute Gasteiger partial charge is 0.382 e. The molecule has 4 aromatic rings. The summed E-state index contributed by atoms with van der Waals surface area (Å²) in [4.78, 5) is 16.9. The second-order valence-corrected chi connectivity index (χ2v) is 7.13. The van der Waals surface area contributed by atoms with E-state index in [4.69, 9.17) is 10.7 Å². The first-order chi connectivity index (χ1) is 14.7. The van der Waals surface area contributed by atoms with E-state index in [9.17, 15) is 9.65 Å². The second-order valence-electron chi connectivity index (χ2n) is 7.13. The van der Waals surface area contributed by atoms with Gasteiger partial charge in [0.05, 0.1) is 29.5 Å². The average molecular weight is 400 g/mol. The minimum absolute atomic E-state index is 0.105. The van der Waals surface area contributed by atoms with E-state index in [0.29, 0.717) is 22.7 Å². The molecule has 0 amide bonds.